The lowest BCUT2D eigenvalue weighted by molar-refractivity contribution is 0.258. The Labute approximate surface area is 245 Å². The second kappa shape index (κ2) is 12.5. The lowest BCUT2D eigenvalue weighted by Gasteiger charge is -2.16. The molecule has 0 spiro atoms. The maximum absolute atomic E-state index is 12.7. The standard InChI is InChI=1S/C35H37N5O2/c1-26-14-16-33-31(22-26)35(37-40(33)25-29-12-7-4-8-13-29)42-21-9-19-38(2)20-18-27-15-17-32-30(23-27)34(41)36-39(32)24-28-10-5-3-6-11-28/h3-8,10-17,22-23H,9,18-21,24-25H2,1-2H3,(H,36,41). The smallest absolute Gasteiger partial charge is 0.271 e. The van der Waals surface area contributed by atoms with Gasteiger partial charge in [-0.25, -0.2) is 0 Å². The third kappa shape index (κ3) is 6.31. The van der Waals surface area contributed by atoms with Gasteiger partial charge in [0, 0.05) is 13.1 Å². The van der Waals surface area contributed by atoms with Gasteiger partial charge in [0.1, 0.15) is 0 Å². The molecule has 0 amide bonds. The maximum Gasteiger partial charge on any atom is 0.271 e. The number of fused-ring (bicyclic) bond motifs is 2. The molecule has 0 saturated carbocycles. The molecule has 0 atom stereocenters. The van der Waals surface area contributed by atoms with E-state index in [4.69, 9.17) is 9.84 Å². The predicted molar refractivity (Wildman–Crippen MR) is 169 cm³/mol. The lowest BCUT2D eigenvalue weighted by atomic mass is 10.1. The van der Waals surface area contributed by atoms with E-state index in [1.165, 1.54) is 16.7 Å². The Morgan fingerprint density at radius 2 is 1.50 bits per heavy atom. The summed E-state index contributed by atoms with van der Waals surface area (Å²) in [5, 5.41) is 9.63. The van der Waals surface area contributed by atoms with Crippen LogP contribution in [0.3, 0.4) is 0 Å². The van der Waals surface area contributed by atoms with E-state index in [9.17, 15) is 4.79 Å². The summed E-state index contributed by atoms with van der Waals surface area (Å²) in [5.74, 6) is 0.699. The molecule has 7 heteroatoms. The third-order valence-electron chi connectivity index (χ3n) is 7.77. The van der Waals surface area contributed by atoms with Crippen LogP contribution in [0.2, 0.25) is 0 Å². The molecular formula is C35H37N5O2. The number of nitrogens with zero attached hydrogens (tertiary/aromatic N) is 4. The summed E-state index contributed by atoms with van der Waals surface area (Å²) < 4.78 is 10.2. The van der Waals surface area contributed by atoms with Gasteiger partial charge in [0.15, 0.2) is 0 Å². The normalized spacial score (nSPS) is 11.6. The van der Waals surface area contributed by atoms with Gasteiger partial charge in [0.2, 0.25) is 5.88 Å². The van der Waals surface area contributed by atoms with Gasteiger partial charge in [0.25, 0.3) is 5.56 Å². The molecule has 0 aliphatic rings. The van der Waals surface area contributed by atoms with Crippen molar-refractivity contribution in [2.24, 2.45) is 0 Å². The van der Waals surface area contributed by atoms with Crippen LogP contribution in [0.1, 0.15) is 28.7 Å². The molecule has 0 unspecified atom stereocenters. The number of ether oxygens (including phenoxy) is 1. The average Bonchev–Trinajstić information content (AvgIpc) is 3.50. The van der Waals surface area contributed by atoms with Gasteiger partial charge in [-0.05, 0) is 67.8 Å². The van der Waals surface area contributed by atoms with Gasteiger partial charge in [-0.3, -0.25) is 19.3 Å². The molecule has 1 N–H and O–H groups in total. The molecule has 214 valence electrons. The molecule has 4 aromatic carbocycles. The van der Waals surface area contributed by atoms with Crippen LogP contribution in [-0.4, -0.2) is 51.2 Å². The molecule has 42 heavy (non-hydrogen) atoms. The number of likely N-dealkylation sites (N-methyl/N-ethyl adjacent to an activating group) is 1. The van der Waals surface area contributed by atoms with Crippen molar-refractivity contribution in [3.05, 3.63) is 130 Å². The Bertz CT molecular complexity index is 1840. The second-order valence-corrected chi connectivity index (χ2v) is 11.1. The molecule has 0 radical (unpaired) electrons. The first kappa shape index (κ1) is 27.5. The highest BCUT2D eigenvalue weighted by molar-refractivity contribution is 5.85. The topological polar surface area (TPSA) is 68.1 Å². The van der Waals surface area contributed by atoms with Gasteiger partial charge in [0.05, 0.1) is 41.5 Å². The number of hydrogen-bond donors (Lipinski definition) is 1. The van der Waals surface area contributed by atoms with Crippen molar-refractivity contribution in [1.29, 1.82) is 0 Å². The Hall–Kier alpha value is -4.62. The maximum atomic E-state index is 12.7. The number of aromatic amines is 1. The van der Waals surface area contributed by atoms with Gasteiger partial charge in [-0.1, -0.05) is 78.4 Å². The summed E-state index contributed by atoms with van der Waals surface area (Å²) in [5.41, 5.74) is 6.71. The largest absolute Gasteiger partial charge is 0.476 e. The van der Waals surface area contributed by atoms with Crippen molar-refractivity contribution in [2.75, 3.05) is 26.7 Å². The van der Waals surface area contributed by atoms with E-state index in [1.807, 2.05) is 39.7 Å². The van der Waals surface area contributed by atoms with E-state index < -0.39 is 0 Å². The minimum atomic E-state index is -0.0396. The number of benzene rings is 4. The summed E-state index contributed by atoms with van der Waals surface area (Å²) >= 11 is 0. The number of rotatable bonds is 12. The molecule has 7 nitrogen and oxygen atoms in total. The highest BCUT2D eigenvalue weighted by Crippen LogP contribution is 2.27. The van der Waals surface area contributed by atoms with Crippen LogP contribution in [0.4, 0.5) is 0 Å². The van der Waals surface area contributed by atoms with Gasteiger partial charge in [-0.15, -0.1) is 5.10 Å². The van der Waals surface area contributed by atoms with E-state index in [1.54, 1.807) is 0 Å². The van der Waals surface area contributed by atoms with Crippen LogP contribution >= 0.6 is 0 Å². The van der Waals surface area contributed by atoms with E-state index in [0.29, 0.717) is 25.6 Å². The molecular weight excluding hydrogens is 522 g/mol. The quantitative estimate of drug-likeness (QED) is 0.186. The van der Waals surface area contributed by atoms with Gasteiger partial charge in [-0.2, -0.15) is 0 Å². The van der Waals surface area contributed by atoms with E-state index in [0.717, 1.165) is 53.3 Å². The highest BCUT2D eigenvalue weighted by atomic mass is 16.5. The first-order valence-corrected chi connectivity index (χ1v) is 14.6. The van der Waals surface area contributed by atoms with Crippen LogP contribution in [0.25, 0.3) is 21.8 Å². The van der Waals surface area contributed by atoms with Crippen molar-refractivity contribution in [2.45, 2.75) is 32.9 Å². The van der Waals surface area contributed by atoms with E-state index in [2.05, 4.69) is 90.7 Å². The molecule has 0 aliphatic heterocycles. The second-order valence-electron chi connectivity index (χ2n) is 11.1. The zero-order chi connectivity index (χ0) is 28.9. The fourth-order valence-electron chi connectivity index (χ4n) is 5.47. The fourth-order valence-corrected chi connectivity index (χ4v) is 5.47. The van der Waals surface area contributed by atoms with Crippen molar-refractivity contribution in [3.8, 4) is 5.88 Å². The summed E-state index contributed by atoms with van der Waals surface area (Å²) in [6.45, 7) is 5.88. The van der Waals surface area contributed by atoms with Crippen molar-refractivity contribution in [1.82, 2.24) is 24.5 Å². The van der Waals surface area contributed by atoms with Crippen molar-refractivity contribution in [3.63, 3.8) is 0 Å². The van der Waals surface area contributed by atoms with Gasteiger partial charge < -0.3 is 9.64 Å². The van der Waals surface area contributed by atoms with E-state index in [-0.39, 0.29) is 5.56 Å². The zero-order valence-electron chi connectivity index (χ0n) is 24.3. The summed E-state index contributed by atoms with van der Waals surface area (Å²) in [6, 6.07) is 33.2. The highest BCUT2D eigenvalue weighted by Gasteiger charge is 2.13. The Morgan fingerprint density at radius 1 is 0.786 bits per heavy atom. The SMILES string of the molecule is Cc1ccc2c(c1)c(OCCCN(C)CCc1ccc3c(c1)c(=O)[nH]n3Cc1ccccc1)nn2Cc1ccccc1. The monoisotopic (exact) mass is 559 g/mol. The van der Waals surface area contributed by atoms with Crippen LogP contribution in [-0.2, 0) is 19.5 Å². The van der Waals surface area contributed by atoms with Crippen molar-refractivity contribution >= 4 is 21.8 Å². The molecule has 0 fully saturated rings. The molecule has 0 aliphatic carbocycles. The number of nitrogens with one attached hydrogen (secondary N) is 1. The minimum Gasteiger partial charge on any atom is -0.476 e. The Morgan fingerprint density at radius 3 is 2.26 bits per heavy atom. The molecule has 2 aromatic heterocycles. The van der Waals surface area contributed by atoms with Gasteiger partial charge >= 0.3 is 0 Å². The van der Waals surface area contributed by atoms with E-state index >= 15 is 0 Å². The number of hydrogen-bond acceptors (Lipinski definition) is 4. The number of H-pyrrole nitrogens is 1. The molecule has 0 bridgehead atoms. The summed E-state index contributed by atoms with van der Waals surface area (Å²) in [7, 11) is 2.13. The first-order valence-electron chi connectivity index (χ1n) is 14.6. The van der Waals surface area contributed by atoms with Crippen LogP contribution in [0.5, 0.6) is 5.88 Å². The van der Waals surface area contributed by atoms with Crippen LogP contribution < -0.4 is 10.3 Å². The molecule has 6 aromatic rings. The lowest BCUT2D eigenvalue weighted by Crippen LogP contribution is -2.23. The zero-order valence-corrected chi connectivity index (χ0v) is 24.3. The summed E-state index contributed by atoms with van der Waals surface area (Å²) in [4.78, 5) is 15.0. The first-order chi connectivity index (χ1) is 20.5. The molecule has 2 heterocycles. The third-order valence-corrected chi connectivity index (χ3v) is 7.77. The summed E-state index contributed by atoms with van der Waals surface area (Å²) in [6.07, 6.45) is 1.78. The Kier molecular flexibility index (Phi) is 8.19. The average molecular weight is 560 g/mol. The van der Waals surface area contributed by atoms with Crippen LogP contribution in [0.15, 0.2) is 102 Å². The predicted octanol–water partition coefficient (Wildman–Crippen LogP) is 6.03. The number of aryl methyl sites for hydroxylation is 1. The number of aromatic nitrogens is 4. The molecule has 0 saturated heterocycles. The Balaban J connectivity index is 1.02. The van der Waals surface area contributed by atoms with Crippen LogP contribution in [0, 0.1) is 6.92 Å². The molecule has 6 rings (SSSR count). The fraction of sp³-hybridized carbons (Fsp3) is 0.257. The van der Waals surface area contributed by atoms with Crippen molar-refractivity contribution < 1.29 is 4.74 Å². The minimum absolute atomic E-state index is 0.0396.